The number of hydrogen-bond donors (Lipinski definition) is 2. The molecule has 0 unspecified atom stereocenters. The molecule has 0 atom stereocenters. The molecule has 0 aliphatic heterocycles. The van der Waals surface area contributed by atoms with E-state index in [1.165, 1.54) is 32.1 Å². The van der Waals surface area contributed by atoms with Gasteiger partial charge in [0.15, 0.2) is 0 Å². The summed E-state index contributed by atoms with van der Waals surface area (Å²) in [5.41, 5.74) is 6.76. The zero-order valence-corrected chi connectivity index (χ0v) is 11.0. The monoisotopic (exact) mass is 283 g/mol. The maximum Gasteiger partial charge on any atom is 0.146 e. The standard InChI is InChI=1S/C12H18BrN3/c13-10-6-11(12(14)16-8-10)15-7-9-4-2-1-3-5-9/h6,8-9,15H,1-5,7H2,(H2,14,16). The van der Waals surface area contributed by atoms with E-state index >= 15 is 0 Å². The van der Waals surface area contributed by atoms with E-state index in [1.807, 2.05) is 6.07 Å². The summed E-state index contributed by atoms with van der Waals surface area (Å²) in [6.45, 7) is 1.02. The SMILES string of the molecule is Nc1ncc(Br)cc1NCC1CCCCC1. The highest BCUT2D eigenvalue weighted by Crippen LogP contribution is 2.25. The van der Waals surface area contributed by atoms with Gasteiger partial charge in [0.05, 0.1) is 5.69 Å². The zero-order valence-electron chi connectivity index (χ0n) is 9.38. The third kappa shape index (κ3) is 3.11. The number of hydrogen-bond acceptors (Lipinski definition) is 3. The molecule has 1 saturated carbocycles. The fourth-order valence-electron chi connectivity index (χ4n) is 2.24. The van der Waals surface area contributed by atoms with Crippen LogP contribution in [0.25, 0.3) is 0 Å². The fourth-order valence-corrected chi connectivity index (χ4v) is 2.57. The van der Waals surface area contributed by atoms with Crippen LogP contribution >= 0.6 is 15.9 Å². The van der Waals surface area contributed by atoms with E-state index < -0.39 is 0 Å². The lowest BCUT2D eigenvalue weighted by atomic mass is 9.89. The minimum Gasteiger partial charge on any atom is -0.382 e. The van der Waals surface area contributed by atoms with Crippen molar-refractivity contribution in [3.63, 3.8) is 0 Å². The number of halogens is 1. The van der Waals surface area contributed by atoms with Gasteiger partial charge in [-0.05, 0) is 40.8 Å². The van der Waals surface area contributed by atoms with Gasteiger partial charge in [-0.3, -0.25) is 0 Å². The predicted molar refractivity (Wildman–Crippen MR) is 71.4 cm³/mol. The normalized spacial score (nSPS) is 17.3. The van der Waals surface area contributed by atoms with Crippen molar-refractivity contribution in [2.45, 2.75) is 32.1 Å². The van der Waals surface area contributed by atoms with Crippen LogP contribution in [0.1, 0.15) is 32.1 Å². The molecule has 0 bridgehead atoms. The Hall–Kier alpha value is -0.770. The Morgan fingerprint density at radius 3 is 2.88 bits per heavy atom. The first-order chi connectivity index (χ1) is 7.75. The number of pyridine rings is 1. The van der Waals surface area contributed by atoms with E-state index in [2.05, 4.69) is 26.2 Å². The van der Waals surface area contributed by atoms with Gasteiger partial charge in [0.2, 0.25) is 0 Å². The minimum atomic E-state index is 0.582. The van der Waals surface area contributed by atoms with Crippen molar-refractivity contribution in [2.75, 3.05) is 17.6 Å². The molecule has 3 nitrogen and oxygen atoms in total. The Morgan fingerprint density at radius 2 is 2.12 bits per heavy atom. The van der Waals surface area contributed by atoms with E-state index in [4.69, 9.17) is 5.73 Å². The minimum absolute atomic E-state index is 0.582. The fraction of sp³-hybridized carbons (Fsp3) is 0.583. The van der Waals surface area contributed by atoms with Crippen molar-refractivity contribution >= 4 is 27.4 Å². The molecule has 0 radical (unpaired) electrons. The Bertz CT molecular complexity index is 348. The van der Waals surface area contributed by atoms with Gasteiger partial charge in [0, 0.05) is 17.2 Å². The molecule has 0 saturated heterocycles. The summed E-state index contributed by atoms with van der Waals surface area (Å²) in [6, 6.07) is 1.99. The number of rotatable bonds is 3. The van der Waals surface area contributed by atoms with Gasteiger partial charge in [-0.15, -0.1) is 0 Å². The molecule has 88 valence electrons. The van der Waals surface area contributed by atoms with Gasteiger partial charge in [-0.25, -0.2) is 4.98 Å². The van der Waals surface area contributed by atoms with E-state index in [0.29, 0.717) is 5.82 Å². The summed E-state index contributed by atoms with van der Waals surface area (Å²) in [6.07, 6.45) is 8.55. The van der Waals surface area contributed by atoms with Crippen LogP contribution in [0.5, 0.6) is 0 Å². The van der Waals surface area contributed by atoms with E-state index in [1.54, 1.807) is 6.20 Å². The molecule has 1 aromatic rings. The van der Waals surface area contributed by atoms with E-state index in [0.717, 1.165) is 22.6 Å². The Morgan fingerprint density at radius 1 is 1.38 bits per heavy atom. The highest BCUT2D eigenvalue weighted by Gasteiger charge is 2.13. The molecule has 1 aromatic heterocycles. The number of nitrogen functional groups attached to an aromatic ring is 1. The first kappa shape index (κ1) is 11.7. The highest BCUT2D eigenvalue weighted by molar-refractivity contribution is 9.10. The second-order valence-corrected chi connectivity index (χ2v) is 5.39. The summed E-state index contributed by atoms with van der Waals surface area (Å²) >= 11 is 3.40. The van der Waals surface area contributed by atoms with Crippen molar-refractivity contribution in [3.8, 4) is 0 Å². The van der Waals surface area contributed by atoms with Crippen LogP contribution in [-0.2, 0) is 0 Å². The molecular formula is C12H18BrN3. The molecule has 1 fully saturated rings. The van der Waals surface area contributed by atoms with Gasteiger partial charge < -0.3 is 11.1 Å². The van der Waals surface area contributed by atoms with Crippen LogP contribution in [0.4, 0.5) is 11.5 Å². The molecule has 0 spiro atoms. The second kappa shape index (κ2) is 5.53. The Labute approximate surface area is 105 Å². The summed E-state index contributed by atoms with van der Waals surface area (Å²) in [5, 5.41) is 3.41. The molecule has 3 N–H and O–H groups in total. The van der Waals surface area contributed by atoms with E-state index in [-0.39, 0.29) is 0 Å². The summed E-state index contributed by atoms with van der Waals surface area (Å²) in [4.78, 5) is 4.11. The first-order valence-electron chi connectivity index (χ1n) is 5.90. The topological polar surface area (TPSA) is 50.9 Å². The smallest absolute Gasteiger partial charge is 0.146 e. The third-order valence-electron chi connectivity index (χ3n) is 3.19. The highest BCUT2D eigenvalue weighted by atomic mass is 79.9. The van der Waals surface area contributed by atoms with Crippen molar-refractivity contribution < 1.29 is 0 Å². The number of aromatic nitrogens is 1. The molecule has 4 heteroatoms. The summed E-state index contributed by atoms with van der Waals surface area (Å²) in [7, 11) is 0. The lowest BCUT2D eigenvalue weighted by Crippen LogP contribution is -2.17. The Kier molecular flexibility index (Phi) is 4.04. The maximum absolute atomic E-state index is 5.81. The lowest BCUT2D eigenvalue weighted by Gasteiger charge is -2.22. The van der Waals surface area contributed by atoms with Gasteiger partial charge in [0.25, 0.3) is 0 Å². The van der Waals surface area contributed by atoms with Gasteiger partial charge >= 0.3 is 0 Å². The maximum atomic E-state index is 5.81. The number of nitrogens with two attached hydrogens (primary N) is 1. The number of nitrogens with zero attached hydrogens (tertiary/aromatic N) is 1. The van der Waals surface area contributed by atoms with Crippen LogP contribution in [0.3, 0.4) is 0 Å². The quantitative estimate of drug-likeness (QED) is 0.894. The average molecular weight is 284 g/mol. The number of anilines is 2. The first-order valence-corrected chi connectivity index (χ1v) is 6.70. The third-order valence-corrected chi connectivity index (χ3v) is 3.62. The number of nitrogens with one attached hydrogen (secondary N) is 1. The second-order valence-electron chi connectivity index (χ2n) is 4.47. The molecule has 0 amide bonds. The Balaban J connectivity index is 1.90. The molecule has 2 rings (SSSR count). The molecule has 1 heterocycles. The lowest BCUT2D eigenvalue weighted by molar-refractivity contribution is 0.373. The van der Waals surface area contributed by atoms with Crippen molar-refractivity contribution in [2.24, 2.45) is 5.92 Å². The van der Waals surface area contributed by atoms with Crippen molar-refractivity contribution in [1.82, 2.24) is 4.98 Å². The van der Waals surface area contributed by atoms with Crippen LogP contribution in [0.15, 0.2) is 16.7 Å². The van der Waals surface area contributed by atoms with Gasteiger partial charge in [-0.2, -0.15) is 0 Å². The summed E-state index contributed by atoms with van der Waals surface area (Å²) in [5.74, 6) is 1.38. The zero-order chi connectivity index (χ0) is 11.4. The van der Waals surface area contributed by atoms with Crippen LogP contribution in [-0.4, -0.2) is 11.5 Å². The summed E-state index contributed by atoms with van der Waals surface area (Å²) < 4.78 is 0.966. The molecule has 0 aromatic carbocycles. The van der Waals surface area contributed by atoms with Crippen molar-refractivity contribution in [3.05, 3.63) is 16.7 Å². The van der Waals surface area contributed by atoms with Crippen LogP contribution in [0, 0.1) is 5.92 Å². The van der Waals surface area contributed by atoms with Crippen LogP contribution in [0.2, 0.25) is 0 Å². The van der Waals surface area contributed by atoms with Crippen LogP contribution < -0.4 is 11.1 Å². The largest absolute Gasteiger partial charge is 0.382 e. The molecule has 16 heavy (non-hydrogen) atoms. The molecular weight excluding hydrogens is 266 g/mol. The predicted octanol–water partition coefficient (Wildman–Crippen LogP) is 3.42. The van der Waals surface area contributed by atoms with Crippen molar-refractivity contribution in [1.29, 1.82) is 0 Å². The molecule has 1 aliphatic carbocycles. The van der Waals surface area contributed by atoms with Gasteiger partial charge in [0.1, 0.15) is 5.82 Å². The van der Waals surface area contributed by atoms with Gasteiger partial charge in [-0.1, -0.05) is 19.3 Å². The van der Waals surface area contributed by atoms with E-state index in [9.17, 15) is 0 Å². The average Bonchev–Trinajstić information content (AvgIpc) is 2.32. The molecule has 1 aliphatic rings.